The van der Waals surface area contributed by atoms with Crippen LogP contribution in [0.15, 0.2) is 38.5 Å². The van der Waals surface area contributed by atoms with Gasteiger partial charge in [-0.1, -0.05) is 45.0 Å². The predicted octanol–water partition coefficient (Wildman–Crippen LogP) is 2.68. The van der Waals surface area contributed by atoms with Gasteiger partial charge in [0, 0.05) is 10.0 Å². The minimum absolute atomic E-state index is 0.0971. The molecule has 2 rings (SSSR count). The summed E-state index contributed by atoms with van der Waals surface area (Å²) in [5.74, 6) is -0.573. The summed E-state index contributed by atoms with van der Waals surface area (Å²) < 4.78 is 5.85. The molecule has 0 radical (unpaired) electrons. The summed E-state index contributed by atoms with van der Waals surface area (Å²) in [7, 11) is 0. The van der Waals surface area contributed by atoms with Crippen LogP contribution in [-0.2, 0) is 4.79 Å². The summed E-state index contributed by atoms with van der Waals surface area (Å²) in [5.41, 5.74) is 0.810. The number of carbonyl (C=O) groups is 1. The summed E-state index contributed by atoms with van der Waals surface area (Å²) in [4.78, 5) is 14.5. The van der Waals surface area contributed by atoms with Crippen molar-refractivity contribution in [2.24, 2.45) is 0 Å². The van der Waals surface area contributed by atoms with E-state index < -0.39 is 5.97 Å². The zero-order valence-electron chi connectivity index (χ0n) is 8.46. The third kappa shape index (κ3) is 3.31. The molecule has 1 N–H and O–H groups in total. The first-order valence-electron chi connectivity index (χ1n) is 4.59. The highest BCUT2D eigenvalue weighted by atomic mass is 79.9. The van der Waals surface area contributed by atoms with Gasteiger partial charge in [-0.15, -0.1) is 0 Å². The van der Waals surface area contributed by atoms with Gasteiger partial charge in [0.1, 0.15) is 5.75 Å². The standard InChI is InChI=1S/C10H7BrN2O3S/c11-7-3-1-2-6(4-7)9-12-10(16-13-9)17-5-8(14)15/h1-4H,5H2,(H,14,15). The summed E-state index contributed by atoms with van der Waals surface area (Å²) in [5, 5.41) is 12.6. The van der Waals surface area contributed by atoms with Crippen molar-refractivity contribution >= 4 is 33.7 Å². The van der Waals surface area contributed by atoms with Gasteiger partial charge in [0.25, 0.3) is 5.22 Å². The van der Waals surface area contributed by atoms with Crippen LogP contribution in [-0.4, -0.2) is 27.0 Å². The van der Waals surface area contributed by atoms with E-state index in [9.17, 15) is 4.79 Å². The lowest BCUT2D eigenvalue weighted by molar-refractivity contribution is -0.133. The third-order valence-corrected chi connectivity index (χ3v) is 3.11. The molecule has 1 aromatic carbocycles. The Morgan fingerprint density at radius 3 is 3.06 bits per heavy atom. The lowest BCUT2D eigenvalue weighted by Crippen LogP contribution is -1.97. The van der Waals surface area contributed by atoms with E-state index in [1.165, 1.54) is 0 Å². The van der Waals surface area contributed by atoms with E-state index in [1.807, 2.05) is 24.3 Å². The Balaban J connectivity index is 2.15. The number of benzene rings is 1. The minimum atomic E-state index is -0.919. The Bertz CT molecular complexity index is 544. The Morgan fingerprint density at radius 2 is 2.35 bits per heavy atom. The molecule has 0 unspecified atom stereocenters. The first-order valence-corrected chi connectivity index (χ1v) is 6.37. The van der Waals surface area contributed by atoms with E-state index in [0.717, 1.165) is 21.8 Å². The fraction of sp³-hybridized carbons (Fsp3) is 0.100. The van der Waals surface area contributed by atoms with Crippen LogP contribution in [0.25, 0.3) is 11.4 Å². The maximum atomic E-state index is 10.4. The Morgan fingerprint density at radius 1 is 1.53 bits per heavy atom. The second-order valence-corrected chi connectivity index (χ2v) is 4.92. The Hall–Kier alpha value is -1.34. The van der Waals surface area contributed by atoms with Crippen LogP contribution in [0.3, 0.4) is 0 Å². The maximum absolute atomic E-state index is 10.4. The smallest absolute Gasteiger partial charge is 0.314 e. The van der Waals surface area contributed by atoms with Gasteiger partial charge in [-0.3, -0.25) is 4.79 Å². The minimum Gasteiger partial charge on any atom is -0.481 e. The number of thioether (sulfide) groups is 1. The average Bonchev–Trinajstić information content (AvgIpc) is 2.75. The number of hydrogen-bond donors (Lipinski definition) is 1. The largest absolute Gasteiger partial charge is 0.481 e. The number of carboxylic acids is 1. The number of aliphatic carboxylic acids is 1. The van der Waals surface area contributed by atoms with E-state index in [2.05, 4.69) is 26.1 Å². The monoisotopic (exact) mass is 314 g/mol. The van der Waals surface area contributed by atoms with Gasteiger partial charge < -0.3 is 9.63 Å². The summed E-state index contributed by atoms with van der Waals surface area (Å²) in [6.45, 7) is 0. The summed E-state index contributed by atoms with van der Waals surface area (Å²) in [6, 6.07) is 7.46. The van der Waals surface area contributed by atoms with Gasteiger partial charge in [0.2, 0.25) is 5.82 Å². The Labute approximate surface area is 109 Å². The molecule has 1 heterocycles. The van der Waals surface area contributed by atoms with E-state index in [0.29, 0.717) is 5.82 Å². The van der Waals surface area contributed by atoms with Gasteiger partial charge >= 0.3 is 5.97 Å². The highest BCUT2D eigenvalue weighted by molar-refractivity contribution is 9.10. The van der Waals surface area contributed by atoms with Crippen LogP contribution in [0.2, 0.25) is 0 Å². The van der Waals surface area contributed by atoms with Gasteiger partial charge in [-0.2, -0.15) is 4.98 Å². The van der Waals surface area contributed by atoms with Crippen LogP contribution >= 0.6 is 27.7 Å². The highest BCUT2D eigenvalue weighted by Crippen LogP contribution is 2.23. The molecule has 0 fully saturated rings. The maximum Gasteiger partial charge on any atom is 0.314 e. The molecule has 0 aliphatic heterocycles. The molecule has 0 atom stereocenters. The van der Waals surface area contributed by atoms with Crippen molar-refractivity contribution < 1.29 is 14.4 Å². The van der Waals surface area contributed by atoms with Gasteiger partial charge in [0.05, 0.1) is 0 Å². The summed E-state index contributed by atoms with van der Waals surface area (Å²) in [6.07, 6.45) is 0. The molecule has 2 aromatic rings. The Kier molecular flexibility index (Phi) is 3.80. The number of carboxylic acid groups (broad SMARTS) is 1. The molecule has 7 heteroatoms. The normalized spacial score (nSPS) is 10.4. The van der Waals surface area contributed by atoms with Crippen molar-refractivity contribution in [2.75, 3.05) is 5.75 Å². The number of rotatable bonds is 4. The SMILES string of the molecule is O=C(O)CSc1nc(-c2cccc(Br)c2)no1. The van der Waals surface area contributed by atoms with E-state index in [1.54, 1.807) is 0 Å². The molecule has 5 nitrogen and oxygen atoms in total. The van der Waals surface area contributed by atoms with Crippen molar-refractivity contribution in [3.8, 4) is 11.4 Å². The molecule has 0 aliphatic carbocycles. The zero-order valence-corrected chi connectivity index (χ0v) is 10.9. The molecular weight excluding hydrogens is 308 g/mol. The van der Waals surface area contributed by atoms with Crippen LogP contribution in [0.1, 0.15) is 0 Å². The molecule has 0 saturated carbocycles. The number of halogens is 1. The zero-order chi connectivity index (χ0) is 12.3. The molecule has 1 aromatic heterocycles. The lowest BCUT2D eigenvalue weighted by Gasteiger charge is -1.93. The summed E-state index contributed by atoms with van der Waals surface area (Å²) >= 11 is 4.34. The van der Waals surface area contributed by atoms with Crippen LogP contribution in [0.4, 0.5) is 0 Å². The number of aromatic nitrogens is 2. The van der Waals surface area contributed by atoms with Crippen LogP contribution in [0, 0.1) is 0 Å². The predicted molar refractivity (Wildman–Crippen MR) is 65.8 cm³/mol. The van der Waals surface area contributed by atoms with E-state index in [-0.39, 0.29) is 11.0 Å². The first-order chi connectivity index (χ1) is 8.15. The molecule has 0 aliphatic rings. The molecular formula is C10H7BrN2O3S. The van der Waals surface area contributed by atoms with Gasteiger partial charge in [0.15, 0.2) is 0 Å². The van der Waals surface area contributed by atoms with Crippen molar-refractivity contribution in [1.82, 2.24) is 10.1 Å². The van der Waals surface area contributed by atoms with Gasteiger partial charge in [-0.25, -0.2) is 0 Å². The van der Waals surface area contributed by atoms with E-state index >= 15 is 0 Å². The van der Waals surface area contributed by atoms with Crippen molar-refractivity contribution in [3.05, 3.63) is 28.7 Å². The molecule has 17 heavy (non-hydrogen) atoms. The molecule has 0 spiro atoms. The molecule has 0 bridgehead atoms. The third-order valence-electron chi connectivity index (χ3n) is 1.81. The first kappa shape index (κ1) is 12.1. The number of nitrogens with zero attached hydrogens (tertiary/aromatic N) is 2. The lowest BCUT2D eigenvalue weighted by atomic mass is 10.2. The van der Waals surface area contributed by atoms with Crippen LogP contribution in [0.5, 0.6) is 0 Å². The quantitative estimate of drug-likeness (QED) is 0.874. The van der Waals surface area contributed by atoms with Gasteiger partial charge in [-0.05, 0) is 12.1 Å². The average molecular weight is 315 g/mol. The second kappa shape index (κ2) is 5.33. The topological polar surface area (TPSA) is 76.2 Å². The van der Waals surface area contributed by atoms with Crippen molar-refractivity contribution in [3.63, 3.8) is 0 Å². The fourth-order valence-corrected chi connectivity index (χ4v) is 2.02. The van der Waals surface area contributed by atoms with Crippen molar-refractivity contribution in [1.29, 1.82) is 0 Å². The second-order valence-electron chi connectivity index (χ2n) is 3.08. The molecule has 0 saturated heterocycles. The fourth-order valence-electron chi connectivity index (χ4n) is 1.14. The van der Waals surface area contributed by atoms with E-state index in [4.69, 9.17) is 9.63 Å². The van der Waals surface area contributed by atoms with Crippen LogP contribution < -0.4 is 0 Å². The van der Waals surface area contributed by atoms with Crippen molar-refractivity contribution in [2.45, 2.75) is 5.22 Å². The number of hydrogen-bond acceptors (Lipinski definition) is 5. The highest BCUT2D eigenvalue weighted by Gasteiger charge is 2.10. The molecule has 88 valence electrons. The molecule has 0 amide bonds.